The quantitative estimate of drug-likeness (QED) is 0.801. The normalized spacial score (nSPS) is 17.0. The highest BCUT2D eigenvalue weighted by Gasteiger charge is 2.28. The molecule has 1 saturated heterocycles. The third kappa shape index (κ3) is 4.15. The Hall–Kier alpha value is -0.770. The summed E-state index contributed by atoms with van der Waals surface area (Å²) in [5, 5.41) is 0.953. The van der Waals surface area contributed by atoms with Crippen molar-refractivity contribution in [3.05, 3.63) is 33.8 Å². The zero-order chi connectivity index (χ0) is 16.3. The fraction of sp³-hybridized carbons (Fsp3) is 0.588. The largest absolute Gasteiger partial charge is 0.337 e. The van der Waals surface area contributed by atoms with Crippen LogP contribution in [0.4, 0.5) is 0 Å². The molecule has 1 heterocycles. The van der Waals surface area contributed by atoms with Crippen LogP contribution in [0.5, 0.6) is 0 Å². The topological polar surface area (TPSA) is 23.6 Å². The third-order valence-corrected chi connectivity index (χ3v) is 4.94. The number of likely N-dealkylation sites (tertiary alicyclic amines) is 1. The van der Waals surface area contributed by atoms with E-state index in [4.69, 9.17) is 23.2 Å². The molecule has 1 atom stereocenters. The van der Waals surface area contributed by atoms with Gasteiger partial charge in [-0.15, -0.1) is 0 Å². The number of rotatable bonds is 5. The van der Waals surface area contributed by atoms with Crippen LogP contribution in [0.1, 0.15) is 37.0 Å². The highest BCUT2D eigenvalue weighted by Crippen LogP contribution is 2.24. The molecule has 1 unspecified atom stereocenters. The highest BCUT2D eigenvalue weighted by molar-refractivity contribution is 6.36. The fourth-order valence-corrected chi connectivity index (χ4v) is 3.50. The lowest BCUT2D eigenvalue weighted by molar-refractivity contribution is 0.0641. The minimum absolute atomic E-state index is 0.0421. The van der Waals surface area contributed by atoms with Crippen molar-refractivity contribution in [1.29, 1.82) is 0 Å². The van der Waals surface area contributed by atoms with Gasteiger partial charge in [0.25, 0.3) is 5.91 Å². The molecule has 1 aliphatic rings. The number of amides is 1. The van der Waals surface area contributed by atoms with E-state index in [2.05, 4.69) is 18.7 Å². The van der Waals surface area contributed by atoms with Gasteiger partial charge in [0.15, 0.2) is 0 Å². The van der Waals surface area contributed by atoms with E-state index in [0.717, 1.165) is 19.6 Å². The lowest BCUT2D eigenvalue weighted by Crippen LogP contribution is -2.47. The summed E-state index contributed by atoms with van der Waals surface area (Å²) in [6, 6.07) is 5.21. The number of hydrogen-bond acceptors (Lipinski definition) is 2. The molecule has 0 aliphatic carbocycles. The molecule has 2 rings (SSSR count). The van der Waals surface area contributed by atoms with Gasteiger partial charge in [-0.3, -0.25) is 4.79 Å². The molecule has 1 aromatic carbocycles. The molecule has 0 radical (unpaired) electrons. The van der Waals surface area contributed by atoms with Crippen molar-refractivity contribution in [3.8, 4) is 0 Å². The number of likely N-dealkylation sites (N-methyl/N-ethyl adjacent to an activating group) is 1. The first-order valence-corrected chi connectivity index (χ1v) is 8.60. The van der Waals surface area contributed by atoms with Gasteiger partial charge in [-0.1, -0.05) is 37.0 Å². The first kappa shape index (κ1) is 17.6. The number of benzene rings is 1. The van der Waals surface area contributed by atoms with E-state index in [1.54, 1.807) is 18.2 Å². The van der Waals surface area contributed by atoms with Crippen molar-refractivity contribution in [1.82, 2.24) is 9.80 Å². The summed E-state index contributed by atoms with van der Waals surface area (Å²) in [4.78, 5) is 17.1. The second-order valence-electron chi connectivity index (χ2n) is 6.36. The second-order valence-corrected chi connectivity index (χ2v) is 7.20. The Kier molecular flexibility index (Phi) is 6.13. The smallest absolute Gasteiger partial charge is 0.255 e. The predicted molar refractivity (Wildman–Crippen MR) is 92.9 cm³/mol. The van der Waals surface area contributed by atoms with Crippen LogP contribution in [-0.2, 0) is 0 Å². The van der Waals surface area contributed by atoms with Crippen molar-refractivity contribution >= 4 is 29.1 Å². The van der Waals surface area contributed by atoms with Gasteiger partial charge in [0.1, 0.15) is 0 Å². The van der Waals surface area contributed by atoms with Gasteiger partial charge in [-0.05, 0) is 50.0 Å². The van der Waals surface area contributed by atoms with E-state index in [1.165, 1.54) is 12.8 Å². The van der Waals surface area contributed by atoms with Crippen molar-refractivity contribution in [2.75, 3.05) is 26.7 Å². The Labute approximate surface area is 143 Å². The van der Waals surface area contributed by atoms with Crippen LogP contribution in [0.15, 0.2) is 18.2 Å². The minimum atomic E-state index is -0.0421. The summed E-state index contributed by atoms with van der Waals surface area (Å²) in [7, 11) is 1.87. The molecule has 1 aliphatic heterocycles. The molecule has 1 amide bonds. The lowest BCUT2D eigenvalue weighted by atomic mass is 10.0. The zero-order valence-corrected chi connectivity index (χ0v) is 15.0. The van der Waals surface area contributed by atoms with Gasteiger partial charge in [0.05, 0.1) is 10.6 Å². The minimum Gasteiger partial charge on any atom is -0.337 e. The van der Waals surface area contributed by atoms with Crippen molar-refractivity contribution < 1.29 is 4.79 Å². The maximum atomic E-state index is 12.8. The zero-order valence-electron chi connectivity index (χ0n) is 13.5. The molecular formula is C17H24Cl2N2O. The molecule has 0 saturated carbocycles. The highest BCUT2D eigenvalue weighted by atomic mass is 35.5. The van der Waals surface area contributed by atoms with Gasteiger partial charge < -0.3 is 9.80 Å². The van der Waals surface area contributed by atoms with E-state index in [-0.39, 0.29) is 11.9 Å². The van der Waals surface area contributed by atoms with E-state index in [0.29, 0.717) is 21.5 Å². The predicted octanol–water partition coefficient (Wildman–Crippen LogP) is 4.19. The molecule has 0 aromatic heterocycles. The van der Waals surface area contributed by atoms with Crippen molar-refractivity contribution in [2.24, 2.45) is 5.92 Å². The summed E-state index contributed by atoms with van der Waals surface area (Å²) in [6.07, 6.45) is 2.51. The molecule has 1 fully saturated rings. The number of hydrogen-bond donors (Lipinski definition) is 0. The van der Waals surface area contributed by atoms with Crippen molar-refractivity contribution in [3.63, 3.8) is 0 Å². The Bertz CT molecular complexity index is 527. The van der Waals surface area contributed by atoms with Crippen LogP contribution >= 0.6 is 23.2 Å². The fourth-order valence-electron chi connectivity index (χ4n) is 3.01. The first-order valence-electron chi connectivity index (χ1n) is 7.84. The van der Waals surface area contributed by atoms with Crippen LogP contribution in [0, 0.1) is 5.92 Å². The van der Waals surface area contributed by atoms with Crippen LogP contribution < -0.4 is 0 Å². The maximum Gasteiger partial charge on any atom is 0.255 e. The van der Waals surface area contributed by atoms with Gasteiger partial charge >= 0.3 is 0 Å². The molecule has 5 heteroatoms. The summed E-state index contributed by atoms with van der Waals surface area (Å²) >= 11 is 12.1. The van der Waals surface area contributed by atoms with Crippen LogP contribution in [0.3, 0.4) is 0 Å². The average molecular weight is 343 g/mol. The molecule has 0 spiro atoms. The SMILES string of the molecule is CC(C)C(CN1CCCC1)N(C)C(=O)c1ccc(Cl)cc1Cl. The van der Waals surface area contributed by atoms with Crippen LogP contribution in [0.25, 0.3) is 0 Å². The van der Waals surface area contributed by atoms with E-state index in [1.807, 2.05) is 11.9 Å². The molecule has 0 N–H and O–H groups in total. The molecule has 3 nitrogen and oxygen atoms in total. The maximum absolute atomic E-state index is 12.8. The van der Waals surface area contributed by atoms with E-state index >= 15 is 0 Å². The van der Waals surface area contributed by atoms with Crippen LogP contribution in [-0.4, -0.2) is 48.4 Å². The Morgan fingerprint density at radius 1 is 1.27 bits per heavy atom. The lowest BCUT2D eigenvalue weighted by Gasteiger charge is -2.34. The Balaban J connectivity index is 2.14. The van der Waals surface area contributed by atoms with Gasteiger partial charge in [0, 0.05) is 24.7 Å². The van der Waals surface area contributed by atoms with E-state index in [9.17, 15) is 4.79 Å². The first-order chi connectivity index (χ1) is 10.4. The van der Waals surface area contributed by atoms with Gasteiger partial charge in [-0.2, -0.15) is 0 Å². The summed E-state index contributed by atoms with van der Waals surface area (Å²) < 4.78 is 0. The molecule has 22 heavy (non-hydrogen) atoms. The molecule has 1 aromatic rings. The molecule has 122 valence electrons. The molecular weight excluding hydrogens is 319 g/mol. The number of carbonyl (C=O) groups excluding carboxylic acids is 1. The van der Waals surface area contributed by atoms with Crippen LogP contribution in [0.2, 0.25) is 10.0 Å². The van der Waals surface area contributed by atoms with Crippen molar-refractivity contribution in [2.45, 2.75) is 32.7 Å². The van der Waals surface area contributed by atoms with E-state index < -0.39 is 0 Å². The number of nitrogens with zero attached hydrogens (tertiary/aromatic N) is 2. The summed E-state index contributed by atoms with van der Waals surface area (Å²) in [5.74, 6) is 0.347. The number of carbonyl (C=O) groups is 1. The Morgan fingerprint density at radius 3 is 2.45 bits per heavy atom. The third-order valence-electron chi connectivity index (χ3n) is 4.39. The average Bonchev–Trinajstić information content (AvgIpc) is 2.96. The monoisotopic (exact) mass is 342 g/mol. The summed E-state index contributed by atoms with van der Waals surface area (Å²) in [6.45, 7) is 7.51. The Morgan fingerprint density at radius 2 is 1.91 bits per heavy atom. The number of halogens is 2. The van der Waals surface area contributed by atoms with Gasteiger partial charge in [0.2, 0.25) is 0 Å². The van der Waals surface area contributed by atoms with Gasteiger partial charge in [-0.25, -0.2) is 0 Å². The second kappa shape index (κ2) is 7.67. The summed E-state index contributed by atoms with van der Waals surface area (Å²) in [5.41, 5.74) is 0.514. The standard InChI is InChI=1S/C17H24Cl2N2O/c1-12(2)16(11-21-8-4-5-9-21)20(3)17(22)14-7-6-13(18)10-15(14)19/h6-7,10,12,16H,4-5,8-9,11H2,1-3H3. The molecule has 0 bridgehead atoms.